The van der Waals surface area contributed by atoms with Crippen LogP contribution >= 0.6 is 46.9 Å². The molecule has 1 aromatic heterocycles. The molecule has 0 radical (unpaired) electrons. The molecule has 4 rings (SSSR count). The zero-order valence-corrected chi connectivity index (χ0v) is 19.5. The highest BCUT2D eigenvalue weighted by atomic mass is 35.5. The lowest BCUT2D eigenvalue weighted by molar-refractivity contribution is 0.0986. The van der Waals surface area contributed by atoms with Crippen molar-refractivity contribution in [2.24, 2.45) is 0 Å². The molecule has 0 atom stereocenters. The van der Waals surface area contributed by atoms with Crippen LogP contribution in [0.3, 0.4) is 0 Å². The summed E-state index contributed by atoms with van der Waals surface area (Å²) < 4.78 is 11.8. The minimum Gasteiger partial charge on any atom is -0.454 e. The minimum atomic E-state index is -0.204. The molecule has 0 unspecified atom stereocenters. The highest BCUT2D eigenvalue weighted by Gasteiger charge is 2.24. The summed E-state index contributed by atoms with van der Waals surface area (Å²) >= 11 is 13.7. The molecule has 6 nitrogen and oxygen atoms in total. The Balaban J connectivity index is 0.00000256. The zero-order chi connectivity index (χ0) is 20.5. The van der Waals surface area contributed by atoms with Gasteiger partial charge in [0.15, 0.2) is 16.6 Å². The first-order chi connectivity index (χ1) is 13.9. The van der Waals surface area contributed by atoms with Crippen LogP contribution in [0.4, 0.5) is 5.13 Å². The SMILES string of the molecule is CN(C)CCCN(C(=O)c1ccc(Cl)cc1Cl)c1nc2cc3c(cc2s1)OCO3.Cl. The molecule has 0 bridgehead atoms. The van der Waals surface area contributed by atoms with Crippen molar-refractivity contribution in [1.29, 1.82) is 0 Å². The van der Waals surface area contributed by atoms with Crippen molar-refractivity contribution in [3.8, 4) is 11.5 Å². The van der Waals surface area contributed by atoms with Crippen LogP contribution in [0.2, 0.25) is 10.0 Å². The van der Waals surface area contributed by atoms with Gasteiger partial charge in [0, 0.05) is 23.7 Å². The predicted molar refractivity (Wildman–Crippen MR) is 124 cm³/mol. The van der Waals surface area contributed by atoms with Crippen molar-refractivity contribution in [2.45, 2.75) is 6.42 Å². The first-order valence-electron chi connectivity index (χ1n) is 9.04. The molecule has 0 fully saturated rings. The van der Waals surface area contributed by atoms with Crippen LogP contribution in [0, 0.1) is 0 Å². The van der Waals surface area contributed by atoms with Gasteiger partial charge in [-0.25, -0.2) is 4.98 Å². The fourth-order valence-electron chi connectivity index (χ4n) is 3.06. The third kappa shape index (κ3) is 4.76. The Bertz CT molecular complexity index is 1030. The van der Waals surface area contributed by atoms with Gasteiger partial charge in [-0.3, -0.25) is 9.69 Å². The summed E-state index contributed by atoms with van der Waals surface area (Å²) in [5, 5.41) is 1.42. The Morgan fingerprint density at radius 2 is 1.87 bits per heavy atom. The number of carbonyl (C=O) groups is 1. The maximum absolute atomic E-state index is 13.3. The molecule has 1 aliphatic heterocycles. The predicted octanol–water partition coefficient (Wildman–Crippen LogP) is 5.35. The van der Waals surface area contributed by atoms with Gasteiger partial charge >= 0.3 is 0 Å². The number of hydrogen-bond acceptors (Lipinski definition) is 6. The second-order valence-electron chi connectivity index (χ2n) is 6.91. The summed E-state index contributed by atoms with van der Waals surface area (Å²) in [6, 6.07) is 8.63. The van der Waals surface area contributed by atoms with Crippen LogP contribution in [0.15, 0.2) is 30.3 Å². The van der Waals surface area contributed by atoms with E-state index in [0.717, 1.165) is 23.2 Å². The Morgan fingerprint density at radius 1 is 1.13 bits per heavy atom. The lowest BCUT2D eigenvalue weighted by Gasteiger charge is -2.21. The molecule has 0 aliphatic carbocycles. The minimum absolute atomic E-state index is 0. The topological polar surface area (TPSA) is 54.9 Å². The first kappa shape index (κ1) is 22.9. The van der Waals surface area contributed by atoms with Gasteiger partial charge in [0.05, 0.1) is 20.8 Å². The molecule has 0 N–H and O–H groups in total. The number of aromatic nitrogens is 1. The third-order valence-corrected chi connectivity index (χ3v) is 6.09. The number of fused-ring (bicyclic) bond motifs is 2. The van der Waals surface area contributed by atoms with Crippen LogP contribution < -0.4 is 14.4 Å². The molecule has 1 aliphatic rings. The summed E-state index contributed by atoms with van der Waals surface area (Å²) in [7, 11) is 4.00. The number of carbonyl (C=O) groups excluding carboxylic acids is 1. The quantitative estimate of drug-likeness (QED) is 0.468. The number of anilines is 1. The van der Waals surface area contributed by atoms with Crippen LogP contribution in [0.5, 0.6) is 11.5 Å². The molecule has 30 heavy (non-hydrogen) atoms. The molecule has 0 saturated carbocycles. The monoisotopic (exact) mass is 487 g/mol. The number of rotatable bonds is 6. The van der Waals surface area contributed by atoms with Crippen LogP contribution in [-0.4, -0.2) is 49.8 Å². The Kier molecular flexibility index (Phi) is 7.31. The smallest absolute Gasteiger partial charge is 0.261 e. The molecule has 2 heterocycles. The number of benzene rings is 2. The third-order valence-electron chi connectivity index (χ3n) is 4.50. The van der Waals surface area contributed by atoms with E-state index in [1.807, 2.05) is 26.2 Å². The molecule has 2 aromatic carbocycles. The van der Waals surface area contributed by atoms with E-state index in [0.29, 0.717) is 38.8 Å². The number of halogens is 3. The second kappa shape index (κ2) is 9.58. The fraction of sp³-hybridized carbons (Fsp3) is 0.300. The molecular formula is C20H20Cl3N3O3S. The van der Waals surface area contributed by atoms with Crippen molar-refractivity contribution in [3.63, 3.8) is 0 Å². The van der Waals surface area contributed by atoms with Gasteiger partial charge in [0.2, 0.25) is 6.79 Å². The second-order valence-corrected chi connectivity index (χ2v) is 8.76. The largest absolute Gasteiger partial charge is 0.454 e. The van der Waals surface area contributed by atoms with Crippen LogP contribution in [0.25, 0.3) is 10.2 Å². The summed E-state index contributed by atoms with van der Waals surface area (Å²) in [6.07, 6.45) is 0.794. The molecule has 0 spiro atoms. The highest BCUT2D eigenvalue weighted by Crippen LogP contribution is 2.40. The van der Waals surface area contributed by atoms with Gasteiger partial charge in [-0.1, -0.05) is 34.5 Å². The average Bonchev–Trinajstić information content (AvgIpc) is 3.28. The van der Waals surface area contributed by atoms with E-state index in [1.54, 1.807) is 23.1 Å². The average molecular weight is 489 g/mol. The van der Waals surface area contributed by atoms with Gasteiger partial charge in [0.25, 0.3) is 5.91 Å². The summed E-state index contributed by atoms with van der Waals surface area (Å²) in [5.41, 5.74) is 1.16. The Labute approximate surface area is 194 Å². The molecule has 0 saturated heterocycles. The molecule has 160 valence electrons. The van der Waals surface area contributed by atoms with Crippen molar-refractivity contribution < 1.29 is 14.3 Å². The van der Waals surface area contributed by atoms with Crippen molar-refractivity contribution in [3.05, 3.63) is 45.9 Å². The van der Waals surface area contributed by atoms with Gasteiger partial charge in [-0.05, 0) is 45.3 Å². The Hall–Kier alpha value is -1.77. The fourth-order valence-corrected chi connectivity index (χ4v) is 4.55. The number of thiazole rings is 1. The van der Waals surface area contributed by atoms with Crippen molar-refractivity contribution in [1.82, 2.24) is 9.88 Å². The Morgan fingerprint density at radius 3 is 2.57 bits per heavy atom. The van der Waals surface area contributed by atoms with E-state index in [9.17, 15) is 4.79 Å². The number of nitrogens with zero attached hydrogens (tertiary/aromatic N) is 3. The molecule has 1 amide bonds. The standard InChI is InChI=1S/C20H19Cl2N3O3S.ClH/c1-24(2)6-3-7-25(19(26)13-5-4-12(21)8-14(13)22)20-23-15-9-16-17(28-11-27-16)10-18(15)29-20;/h4-5,8-10H,3,6-7,11H2,1-2H3;1H. The number of hydrogen-bond donors (Lipinski definition) is 0. The van der Waals surface area contributed by atoms with E-state index in [4.69, 9.17) is 32.7 Å². The zero-order valence-electron chi connectivity index (χ0n) is 16.4. The van der Waals surface area contributed by atoms with Crippen LogP contribution in [-0.2, 0) is 0 Å². The van der Waals surface area contributed by atoms with Crippen molar-refractivity contribution >= 4 is 68.2 Å². The van der Waals surface area contributed by atoms with E-state index in [-0.39, 0.29) is 25.1 Å². The first-order valence-corrected chi connectivity index (χ1v) is 10.6. The van der Waals surface area contributed by atoms with E-state index < -0.39 is 0 Å². The molecular weight excluding hydrogens is 469 g/mol. The normalized spacial score (nSPS) is 12.3. The van der Waals surface area contributed by atoms with E-state index in [1.165, 1.54) is 11.3 Å². The lowest BCUT2D eigenvalue weighted by atomic mass is 10.2. The molecule has 10 heteroatoms. The molecule has 3 aromatic rings. The van der Waals surface area contributed by atoms with Gasteiger partial charge in [-0.2, -0.15) is 0 Å². The van der Waals surface area contributed by atoms with Gasteiger partial charge in [-0.15, -0.1) is 12.4 Å². The van der Waals surface area contributed by atoms with E-state index >= 15 is 0 Å². The number of ether oxygens (including phenoxy) is 2. The van der Waals surface area contributed by atoms with Gasteiger partial charge in [0.1, 0.15) is 0 Å². The van der Waals surface area contributed by atoms with E-state index in [2.05, 4.69) is 9.88 Å². The summed E-state index contributed by atoms with van der Waals surface area (Å²) in [4.78, 5) is 21.8. The highest BCUT2D eigenvalue weighted by molar-refractivity contribution is 7.22. The van der Waals surface area contributed by atoms with Crippen molar-refractivity contribution in [2.75, 3.05) is 38.9 Å². The number of amides is 1. The lowest BCUT2D eigenvalue weighted by Crippen LogP contribution is -2.33. The van der Waals surface area contributed by atoms with Crippen LogP contribution in [0.1, 0.15) is 16.8 Å². The van der Waals surface area contributed by atoms with Gasteiger partial charge < -0.3 is 14.4 Å². The maximum atomic E-state index is 13.3. The maximum Gasteiger partial charge on any atom is 0.261 e. The summed E-state index contributed by atoms with van der Waals surface area (Å²) in [6.45, 7) is 1.57. The summed E-state index contributed by atoms with van der Waals surface area (Å²) in [5.74, 6) is 1.16.